The summed E-state index contributed by atoms with van der Waals surface area (Å²) in [5.41, 5.74) is 0. The fourth-order valence-electron chi connectivity index (χ4n) is 0.897. The number of nitrogens with one attached hydrogen (secondary N) is 2. The summed E-state index contributed by atoms with van der Waals surface area (Å²) >= 11 is 0. The van der Waals surface area contributed by atoms with Gasteiger partial charge >= 0.3 is 6.03 Å². The predicted molar refractivity (Wildman–Crippen MR) is 50.4 cm³/mol. The Bertz CT molecular complexity index is 178. The van der Waals surface area contributed by atoms with E-state index in [9.17, 15) is 9.90 Å². The molecule has 4 nitrogen and oxygen atoms in total. The normalized spacial score (nSPS) is 18.5. The number of aliphatic hydroxyl groups excluding tert-OH is 1. The van der Waals surface area contributed by atoms with Crippen LogP contribution in [0.1, 0.15) is 26.7 Å². The topological polar surface area (TPSA) is 61.4 Å². The maximum atomic E-state index is 11.1. The third-order valence-electron chi connectivity index (χ3n) is 2.15. The molecule has 76 valence electrons. The zero-order valence-corrected chi connectivity index (χ0v) is 8.21. The van der Waals surface area contributed by atoms with E-state index < -0.39 is 6.10 Å². The highest BCUT2D eigenvalue weighted by atomic mass is 16.3. The van der Waals surface area contributed by atoms with Crippen molar-refractivity contribution in [3.63, 3.8) is 0 Å². The van der Waals surface area contributed by atoms with E-state index in [0.29, 0.717) is 12.6 Å². The number of carbonyl (C=O) groups is 1. The van der Waals surface area contributed by atoms with Crippen LogP contribution >= 0.6 is 0 Å². The first-order valence-corrected chi connectivity index (χ1v) is 4.82. The van der Waals surface area contributed by atoms with Crippen molar-refractivity contribution in [3.8, 4) is 0 Å². The number of aliphatic hydroxyl groups is 1. The van der Waals surface area contributed by atoms with Gasteiger partial charge in [0.2, 0.25) is 0 Å². The summed E-state index contributed by atoms with van der Waals surface area (Å²) in [6.07, 6.45) is 1.71. The molecule has 1 aliphatic carbocycles. The van der Waals surface area contributed by atoms with Gasteiger partial charge in [0.15, 0.2) is 0 Å². The molecule has 0 radical (unpaired) electrons. The van der Waals surface area contributed by atoms with Crippen LogP contribution < -0.4 is 10.6 Å². The minimum atomic E-state index is -0.454. The number of carbonyl (C=O) groups excluding carboxylic acids is 1. The van der Waals surface area contributed by atoms with Gasteiger partial charge in [-0.15, -0.1) is 0 Å². The van der Waals surface area contributed by atoms with Crippen molar-refractivity contribution in [1.82, 2.24) is 10.6 Å². The molecule has 1 fully saturated rings. The SMILES string of the molecule is CC(C)C(O)CNC(=O)NC1CC1. The fraction of sp³-hybridized carbons (Fsp3) is 0.889. The van der Waals surface area contributed by atoms with Gasteiger partial charge in [-0.2, -0.15) is 0 Å². The number of urea groups is 1. The molecule has 13 heavy (non-hydrogen) atoms. The van der Waals surface area contributed by atoms with Crippen molar-refractivity contribution in [2.24, 2.45) is 5.92 Å². The van der Waals surface area contributed by atoms with Gasteiger partial charge in [-0.1, -0.05) is 13.8 Å². The van der Waals surface area contributed by atoms with Gasteiger partial charge in [0, 0.05) is 12.6 Å². The first kappa shape index (κ1) is 10.3. The van der Waals surface area contributed by atoms with E-state index in [4.69, 9.17) is 0 Å². The lowest BCUT2D eigenvalue weighted by Crippen LogP contribution is -2.41. The summed E-state index contributed by atoms with van der Waals surface area (Å²) in [7, 11) is 0. The lowest BCUT2D eigenvalue weighted by Gasteiger charge is -2.15. The molecule has 0 aromatic heterocycles. The first-order chi connectivity index (χ1) is 6.09. The Hall–Kier alpha value is -0.770. The van der Waals surface area contributed by atoms with Crippen LogP contribution in [-0.4, -0.2) is 29.8 Å². The molecule has 1 rings (SSSR count). The maximum Gasteiger partial charge on any atom is 0.315 e. The van der Waals surface area contributed by atoms with Crippen LogP contribution in [0, 0.1) is 5.92 Å². The summed E-state index contributed by atoms with van der Waals surface area (Å²) in [5, 5.41) is 14.8. The predicted octanol–water partition coefficient (Wildman–Crippen LogP) is 0.465. The average molecular weight is 186 g/mol. The van der Waals surface area contributed by atoms with Crippen LogP contribution in [0.15, 0.2) is 0 Å². The van der Waals surface area contributed by atoms with Gasteiger partial charge in [-0.3, -0.25) is 0 Å². The summed E-state index contributed by atoms with van der Waals surface area (Å²) in [6.45, 7) is 4.17. The molecule has 3 N–H and O–H groups in total. The number of hydrogen-bond acceptors (Lipinski definition) is 2. The molecule has 0 aromatic carbocycles. The lowest BCUT2D eigenvalue weighted by atomic mass is 10.1. The second kappa shape index (κ2) is 4.46. The second-order valence-corrected chi connectivity index (χ2v) is 3.94. The lowest BCUT2D eigenvalue weighted by molar-refractivity contribution is 0.125. The molecule has 1 saturated carbocycles. The number of hydrogen-bond donors (Lipinski definition) is 3. The van der Waals surface area contributed by atoms with E-state index in [1.54, 1.807) is 0 Å². The van der Waals surface area contributed by atoms with Crippen molar-refractivity contribution < 1.29 is 9.90 Å². The van der Waals surface area contributed by atoms with Gasteiger partial charge < -0.3 is 15.7 Å². The monoisotopic (exact) mass is 186 g/mol. The van der Waals surface area contributed by atoms with Gasteiger partial charge in [-0.25, -0.2) is 4.79 Å². The van der Waals surface area contributed by atoms with E-state index in [1.807, 2.05) is 13.8 Å². The van der Waals surface area contributed by atoms with Crippen LogP contribution in [0.4, 0.5) is 4.79 Å². The largest absolute Gasteiger partial charge is 0.391 e. The Balaban J connectivity index is 2.06. The summed E-state index contributed by atoms with van der Waals surface area (Å²) in [4.78, 5) is 11.1. The van der Waals surface area contributed by atoms with E-state index in [0.717, 1.165) is 12.8 Å². The Morgan fingerprint density at radius 1 is 1.54 bits per heavy atom. The van der Waals surface area contributed by atoms with Gasteiger partial charge in [0.05, 0.1) is 6.10 Å². The second-order valence-electron chi connectivity index (χ2n) is 3.94. The number of rotatable bonds is 4. The van der Waals surface area contributed by atoms with Crippen LogP contribution in [0.3, 0.4) is 0 Å². The van der Waals surface area contributed by atoms with E-state index in [2.05, 4.69) is 10.6 Å². The standard InChI is InChI=1S/C9H18N2O2/c1-6(2)8(12)5-10-9(13)11-7-3-4-7/h6-8,12H,3-5H2,1-2H3,(H2,10,11,13). The summed E-state index contributed by atoms with van der Waals surface area (Å²) < 4.78 is 0. The summed E-state index contributed by atoms with van der Waals surface area (Å²) in [6, 6.07) is 0.207. The van der Waals surface area contributed by atoms with Gasteiger partial charge in [0.25, 0.3) is 0 Å². The Labute approximate surface area is 78.7 Å². The summed E-state index contributed by atoms with van der Waals surface area (Å²) in [5.74, 6) is 0.182. The minimum absolute atomic E-state index is 0.165. The van der Waals surface area contributed by atoms with Gasteiger partial charge in [0.1, 0.15) is 0 Å². The average Bonchev–Trinajstić information content (AvgIpc) is 2.83. The van der Waals surface area contributed by atoms with E-state index in [1.165, 1.54) is 0 Å². The highest BCUT2D eigenvalue weighted by Gasteiger charge is 2.23. The van der Waals surface area contributed by atoms with Crippen molar-refractivity contribution in [3.05, 3.63) is 0 Å². The van der Waals surface area contributed by atoms with Crippen LogP contribution in [0.25, 0.3) is 0 Å². The molecule has 4 heteroatoms. The number of amides is 2. The van der Waals surface area contributed by atoms with Crippen molar-refractivity contribution in [2.45, 2.75) is 38.8 Å². The Kier molecular flexibility index (Phi) is 3.54. The zero-order chi connectivity index (χ0) is 9.84. The zero-order valence-electron chi connectivity index (χ0n) is 8.21. The third kappa shape index (κ3) is 4.12. The highest BCUT2D eigenvalue weighted by Crippen LogP contribution is 2.18. The van der Waals surface area contributed by atoms with E-state index in [-0.39, 0.29) is 11.9 Å². The molecule has 0 bridgehead atoms. The van der Waals surface area contributed by atoms with E-state index >= 15 is 0 Å². The molecule has 2 amide bonds. The van der Waals surface area contributed by atoms with Gasteiger partial charge in [-0.05, 0) is 18.8 Å². The molecule has 0 aliphatic heterocycles. The molecule has 0 aromatic rings. The van der Waals surface area contributed by atoms with Crippen molar-refractivity contribution in [2.75, 3.05) is 6.54 Å². The molecular formula is C9H18N2O2. The highest BCUT2D eigenvalue weighted by molar-refractivity contribution is 5.74. The molecule has 1 aliphatic rings. The molecule has 1 unspecified atom stereocenters. The molecular weight excluding hydrogens is 168 g/mol. The van der Waals surface area contributed by atoms with Crippen LogP contribution in [-0.2, 0) is 0 Å². The Morgan fingerprint density at radius 2 is 2.15 bits per heavy atom. The molecule has 0 heterocycles. The van der Waals surface area contributed by atoms with Crippen LogP contribution in [0.5, 0.6) is 0 Å². The molecule has 0 saturated heterocycles. The maximum absolute atomic E-state index is 11.1. The Morgan fingerprint density at radius 3 is 2.62 bits per heavy atom. The fourth-order valence-corrected chi connectivity index (χ4v) is 0.897. The van der Waals surface area contributed by atoms with Crippen LogP contribution in [0.2, 0.25) is 0 Å². The molecule has 1 atom stereocenters. The smallest absolute Gasteiger partial charge is 0.315 e. The molecule has 0 spiro atoms. The third-order valence-corrected chi connectivity index (χ3v) is 2.15. The van der Waals surface area contributed by atoms with Crippen molar-refractivity contribution in [1.29, 1.82) is 0 Å². The first-order valence-electron chi connectivity index (χ1n) is 4.82. The van der Waals surface area contributed by atoms with Crippen molar-refractivity contribution >= 4 is 6.03 Å². The quantitative estimate of drug-likeness (QED) is 0.597. The minimum Gasteiger partial charge on any atom is -0.391 e.